The molecular weight excluding hydrogens is 266 g/mol. The number of nitrogens with one attached hydrogen (secondary N) is 1. The zero-order chi connectivity index (χ0) is 15.0. The summed E-state index contributed by atoms with van der Waals surface area (Å²) in [5, 5.41) is 3.71. The van der Waals surface area contributed by atoms with Gasteiger partial charge in [0.2, 0.25) is 0 Å². The lowest BCUT2D eigenvalue weighted by Gasteiger charge is -2.55. The molecule has 1 N–H and O–H groups in total. The van der Waals surface area contributed by atoms with Crippen LogP contribution in [0.1, 0.15) is 25.8 Å². The number of hydrogen-bond donors (Lipinski definition) is 1. The Balaban J connectivity index is 1.68. The zero-order valence-electron chi connectivity index (χ0n) is 13.3. The third kappa shape index (κ3) is 2.40. The van der Waals surface area contributed by atoms with Gasteiger partial charge in [-0.3, -0.25) is 0 Å². The predicted molar refractivity (Wildman–Crippen MR) is 81.8 cm³/mol. The molecule has 4 heteroatoms. The van der Waals surface area contributed by atoms with E-state index in [1.165, 1.54) is 6.42 Å². The molecule has 1 saturated heterocycles. The van der Waals surface area contributed by atoms with Crippen molar-refractivity contribution in [2.75, 3.05) is 20.8 Å². The van der Waals surface area contributed by atoms with Crippen LogP contribution >= 0.6 is 0 Å². The Hall–Kier alpha value is -1.26. The molecule has 2 aliphatic rings. The van der Waals surface area contributed by atoms with Gasteiger partial charge in [0.1, 0.15) is 11.5 Å². The molecule has 0 spiro atoms. The minimum Gasteiger partial charge on any atom is -0.497 e. The lowest BCUT2D eigenvalue weighted by Crippen LogP contribution is -2.65. The third-order valence-corrected chi connectivity index (χ3v) is 5.11. The van der Waals surface area contributed by atoms with Gasteiger partial charge in [0.15, 0.2) is 0 Å². The number of rotatable bonds is 5. The largest absolute Gasteiger partial charge is 0.497 e. The van der Waals surface area contributed by atoms with Crippen LogP contribution < -0.4 is 14.8 Å². The molecule has 0 bridgehead atoms. The van der Waals surface area contributed by atoms with Crippen LogP contribution in [0.5, 0.6) is 11.5 Å². The molecule has 1 heterocycles. The summed E-state index contributed by atoms with van der Waals surface area (Å²) in [6.45, 7) is 6.30. The third-order valence-electron chi connectivity index (χ3n) is 5.11. The molecule has 3 unspecified atom stereocenters. The fraction of sp³-hybridized carbons (Fsp3) is 0.647. The molecule has 1 aliphatic carbocycles. The van der Waals surface area contributed by atoms with Gasteiger partial charge < -0.3 is 19.5 Å². The molecule has 1 aromatic rings. The first kappa shape index (κ1) is 14.7. The Morgan fingerprint density at radius 3 is 2.81 bits per heavy atom. The zero-order valence-corrected chi connectivity index (χ0v) is 13.3. The van der Waals surface area contributed by atoms with Crippen LogP contribution in [0.2, 0.25) is 0 Å². The van der Waals surface area contributed by atoms with E-state index in [0.717, 1.165) is 30.2 Å². The lowest BCUT2D eigenvalue weighted by atomic mass is 9.57. The fourth-order valence-corrected chi connectivity index (χ4v) is 3.96. The molecule has 0 aromatic heterocycles. The first-order valence-electron chi connectivity index (χ1n) is 7.64. The minimum atomic E-state index is 0.209. The first-order valence-corrected chi connectivity index (χ1v) is 7.64. The van der Waals surface area contributed by atoms with E-state index in [2.05, 4.69) is 25.2 Å². The van der Waals surface area contributed by atoms with Gasteiger partial charge in [-0.05, 0) is 12.5 Å². The van der Waals surface area contributed by atoms with Crippen molar-refractivity contribution >= 4 is 0 Å². The van der Waals surface area contributed by atoms with E-state index in [4.69, 9.17) is 14.2 Å². The maximum Gasteiger partial charge on any atom is 0.127 e. The summed E-state index contributed by atoms with van der Waals surface area (Å²) in [6.07, 6.45) is 1.60. The highest BCUT2D eigenvalue weighted by atomic mass is 16.5. The average molecular weight is 291 g/mol. The summed E-state index contributed by atoms with van der Waals surface area (Å²) in [7, 11) is 3.37. The van der Waals surface area contributed by atoms with Crippen molar-refractivity contribution in [3.8, 4) is 11.5 Å². The van der Waals surface area contributed by atoms with E-state index in [9.17, 15) is 0 Å². The second kappa shape index (κ2) is 5.50. The van der Waals surface area contributed by atoms with E-state index in [1.54, 1.807) is 14.2 Å². The predicted octanol–water partition coefficient (Wildman–Crippen LogP) is 2.61. The molecule has 116 valence electrons. The molecule has 4 nitrogen and oxygen atoms in total. The van der Waals surface area contributed by atoms with Gasteiger partial charge >= 0.3 is 0 Å². The second-order valence-corrected chi connectivity index (χ2v) is 6.60. The van der Waals surface area contributed by atoms with E-state index < -0.39 is 0 Å². The van der Waals surface area contributed by atoms with Crippen molar-refractivity contribution < 1.29 is 14.2 Å². The monoisotopic (exact) mass is 291 g/mol. The Bertz CT molecular complexity index is 515. The second-order valence-electron chi connectivity index (χ2n) is 6.60. The van der Waals surface area contributed by atoms with Gasteiger partial charge in [-0.2, -0.15) is 0 Å². The van der Waals surface area contributed by atoms with Crippen molar-refractivity contribution in [3.63, 3.8) is 0 Å². The summed E-state index contributed by atoms with van der Waals surface area (Å²) in [5.41, 5.74) is 1.37. The molecular formula is C17H25NO3. The van der Waals surface area contributed by atoms with Gasteiger partial charge in [0.05, 0.1) is 20.3 Å². The summed E-state index contributed by atoms with van der Waals surface area (Å²) < 4.78 is 16.6. The van der Waals surface area contributed by atoms with Crippen molar-refractivity contribution in [3.05, 3.63) is 23.8 Å². The number of ether oxygens (including phenoxy) is 3. The van der Waals surface area contributed by atoms with E-state index >= 15 is 0 Å². The molecule has 0 radical (unpaired) electrons. The number of benzene rings is 1. The van der Waals surface area contributed by atoms with Crippen LogP contribution in [0.15, 0.2) is 18.2 Å². The highest BCUT2D eigenvalue weighted by Gasteiger charge is 2.58. The van der Waals surface area contributed by atoms with Crippen molar-refractivity contribution in [1.29, 1.82) is 0 Å². The number of methoxy groups -OCH3 is 2. The molecule has 1 aliphatic heterocycles. The summed E-state index contributed by atoms with van der Waals surface area (Å²) in [4.78, 5) is 0. The molecule has 1 aromatic carbocycles. The first-order chi connectivity index (χ1) is 10.1. The van der Waals surface area contributed by atoms with Crippen LogP contribution in [-0.4, -0.2) is 33.0 Å². The van der Waals surface area contributed by atoms with Crippen LogP contribution in [0, 0.1) is 11.3 Å². The topological polar surface area (TPSA) is 39.7 Å². The van der Waals surface area contributed by atoms with Gasteiger partial charge in [-0.1, -0.05) is 19.9 Å². The normalized spacial score (nSPS) is 29.6. The number of fused-ring (bicyclic) bond motifs is 1. The highest BCUT2D eigenvalue weighted by Crippen LogP contribution is 2.52. The smallest absolute Gasteiger partial charge is 0.127 e. The SMILES string of the molecule is COc1ccc(CNC2C3CCOC3C2(C)C)c(OC)c1. The van der Waals surface area contributed by atoms with E-state index in [0.29, 0.717) is 18.1 Å². The molecule has 0 amide bonds. The van der Waals surface area contributed by atoms with Gasteiger partial charge in [0.25, 0.3) is 0 Å². The molecule has 2 fully saturated rings. The highest BCUT2D eigenvalue weighted by molar-refractivity contribution is 5.40. The molecule has 21 heavy (non-hydrogen) atoms. The summed E-state index contributed by atoms with van der Waals surface area (Å²) >= 11 is 0. The fourth-order valence-electron chi connectivity index (χ4n) is 3.96. The van der Waals surface area contributed by atoms with Gasteiger partial charge in [-0.15, -0.1) is 0 Å². The Kier molecular flexibility index (Phi) is 3.84. The molecule has 3 atom stereocenters. The lowest BCUT2D eigenvalue weighted by molar-refractivity contribution is -0.113. The van der Waals surface area contributed by atoms with Crippen molar-refractivity contribution in [2.45, 2.75) is 39.0 Å². The summed E-state index contributed by atoms with van der Waals surface area (Å²) in [5.74, 6) is 2.35. The van der Waals surface area contributed by atoms with E-state index in [1.807, 2.05) is 12.1 Å². The standard InChI is InChI=1S/C17H25NO3/c1-17(2)15(13-7-8-21-16(13)17)18-10-11-5-6-12(19-3)9-14(11)20-4/h5-6,9,13,15-16,18H,7-8,10H2,1-4H3. The van der Waals surface area contributed by atoms with Crippen molar-refractivity contribution in [2.24, 2.45) is 11.3 Å². The van der Waals surface area contributed by atoms with Crippen LogP contribution in [-0.2, 0) is 11.3 Å². The van der Waals surface area contributed by atoms with Crippen LogP contribution in [0.25, 0.3) is 0 Å². The summed E-state index contributed by atoms with van der Waals surface area (Å²) in [6, 6.07) is 6.49. The van der Waals surface area contributed by atoms with Crippen LogP contribution in [0.4, 0.5) is 0 Å². The average Bonchev–Trinajstić information content (AvgIpc) is 2.94. The van der Waals surface area contributed by atoms with E-state index in [-0.39, 0.29) is 5.41 Å². The Labute approximate surface area is 126 Å². The molecule has 3 rings (SSSR count). The Morgan fingerprint density at radius 2 is 2.10 bits per heavy atom. The van der Waals surface area contributed by atoms with Crippen molar-refractivity contribution in [1.82, 2.24) is 5.32 Å². The maximum absolute atomic E-state index is 5.84. The Morgan fingerprint density at radius 1 is 1.29 bits per heavy atom. The van der Waals surface area contributed by atoms with Gasteiger partial charge in [0, 0.05) is 42.2 Å². The quantitative estimate of drug-likeness (QED) is 0.905. The molecule has 1 saturated carbocycles. The van der Waals surface area contributed by atoms with Gasteiger partial charge in [-0.25, -0.2) is 0 Å². The minimum absolute atomic E-state index is 0.209. The maximum atomic E-state index is 5.84. The van der Waals surface area contributed by atoms with Crippen LogP contribution in [0.3, 0.4) is 0 Å². The number of hydrogen-bond acceptors (Lipinski definition) is 4.